The molecule has 0 saturated carbocycles. The van der Waals surface area contributed by atoms with E-state index in [0.717, 1.165) is 23.7 Å². The zero-order chi connectivity index (χ0) is 18.1. The topological polar surface area (TPSA) is 65.9 Å². The highest BCUT2D eigenvalue weighted by molar-refractivity contribution is 5.85. The van der Waals surface area contributed by atoms with Crippen LogP contribution in [-0.2, 0) is 16.1 Å². The van der Waals surface area contributed by atoms with Crippen LogP contribution in [0.25, 0.3) is 0 Å². The maximum Gasteiger partial charge on any atom is 0.275 e. The van der Waals surface area contributed by atoms with Gasteiger partial charge in [-0.3, -0.25) is 9.59 Å². The van der Waals surface area contributed by atoms with Crippen LogP contribution in [0.4, 0.5) is 5.69 Å². The van der Waals surface area contributed by atoms with E-state index in [-0.39, 0.29) is 24.4 Å². The van der Waals surface area contributed by atoms with Gasteiger partial charge in [0.05, 0.1) is 13.1 Å². The number of likely N-dealkylation sites (N-methyl/N-ethyl adjacent to an activating group) is 1. The van der Waals surface area contributed by atoms with Gasteiger partial charge in [0.2, 0.25) is 5.91 Å². The molecule has 1 aromatic rings. The second-order valence-electron chi connectivity index (χ2n) is 6.52. The Morgan fingerprint density at radius 2 is 1.75 bits per heavy atom. The van der Waals surface area contributed by atoms with E-state index in [0.29, 0.717) is 6.54 Å². The molecule has 2 amide bonds. The molecule has 24 heavy (non-hydrogen) atoms. The minimum absolute atomic E-state index is 0.0333. The first kappa shape index (κ1) is 20.0. The number of rotatable bonds is 9. The lowest BCUT2D eigenvalue weighted by Crippen LogP contribution is -3.11. The smallest absolute Gasteiger partial charge is 0.275 e. The van der Waals surface area contributed by atoms with Crippen LogP contribution in [0.1, 0.15) is 26.3 Å². The van der Waals surface area contributed by atoms with Gasteiger partial charge in [-0.15, -0.1) is 0 Å². The van der Waals surface area contributed by atoms with Gasteiger partial charge in [0, 0.05) is 31.4 Å². The van der Waals surface area contributed by atoms with Crippen molar-refractivity contribution in [1.29, 1.82) is 0 Å². The first-order chi connectivity index (χ1) is 11.3. The average Bonchev–Trinajstić information content (AvgIpc) is 2.52. The van der Waals surface area contributed by atoms with Gasteiger partial charge in [0.25, 0.3) is 5.91 Å². The van der Waals surface area contributed by atoms with Crippen LogP contribution >= 0.6 is 0 Å². The summed E-state index contributed by atoms with van der Waals surface area (Å²) in [6.07, 6.45) is 0. The normalized spacial score (nSPS) is 11.9. The van der Waals surface area contributed by atoms with Crippen LogP contribution in [0, 0.1) is 0 Å². The van der Waals surface area contributed by atoms with Crippen LogP contribution < -0.4 is 20.4 Å². The maximum absolute atomic E-state index is 12.0. The zero-order valence-electron chi connectivity index (χ0n) is 15.5. The van der Waals surface area contributed by atoms with Crippen molar-refractivity contribution >= 4 is 17.5 Å². The van der Waals surface area contributed by atoms with E-state index in [1.807, 2.05) is 27.9 Å². The molecule has 6 nitrogen and oxygen atoms in total. The summed E-state index contributed by atoms with van der Waals surface area (Å²) in [7, 11) is 4.02. The fourth-order valence-electron chi connectivity index (χ4n) is 2.35. The first-order valence-electron chi connectivity index (χ1n) is 8.47. The molecule has 134 valence electrons. The monoisotopic (exact) mass is 335 g/mol. The molecule has 0 aliphatic rings. The standard InChI is InChI=1S/C18H30N4O2/c1-6-22(12-15-7-9-16(10-8-15)21(4)5)13-18(24)19-11-17(23)20-14(2)3/h7-10,14H,6,11-13H2,1-5H3,(H,19,24)(H,20,23)/p+1. The minimum atomic E-state index is -0.157. The molecule has 3 N–H and O–H groups in total. The minimum Gasteiger partial charge on any atom is -0.378 e. The van der Waals surface area contributed by atoms with Crippen molar-refractivity contribution in [2.45, 2.75) is 33.4 Å². The number of hydrogen-bond acceptors (Lipinski definition) is 3. The second-order valence-corrected chi connectivity index (χ2v) is 6.52. The summed E-state index contributed by atoms with van der Waals surface area (Å²) in [4.78, 5) is 26.8. The molecular formula is C18H31N4O2+. The van der Waals surface area contributed by atoms with E-state index in [9.17, 15) is 9.59 Å². The van der Waals surface area contributed by atoms with Crippen molar-refractivity contribution < 1.29 is 14.5 Å². The molecule has 0 aromatic heterocycles. The quantitative estimate of drug-likeness (QED) is 0.585. The molecule has 1 unspecified atom stereocenters. The summed E-state index contributed by atoms with van der Waals surface area (Å²) < 4.78 is 0. The Hall–Kier alpha value is -2.08. The summed E-state index contributed by atoms with van der Waals surface area (Å²) in [5.74, 6) is -0.258. The first-order valence-corrected chi connectivity index (χ1v) is 8.47. The highest BCUT2D eigenvalue weighted by Gasteiger charge is 2.14. The highest BCUT2D eigenvalue weighted by Crippen LogP contribution is 2.11. The molecule has 0 aliphatic carbocycles. The maximum atomic E-state index is 12.0. The van der Waals surface area contributed by atoms with Crippen molar-refractivity contribution in [1.82, 2.24) is 10.6 Å². The fraction of sp³-hybridized carbons (Fsp3) is 0.556. The number of benzene rings is 1. The summed E-state index contributed by atoms with van der Waals surface area (Å²) >= 11 is 0. The third-order valence-corrected chi connectivity index (χ3v) is 3.71. The van der Waals surface area contributed by atoms with Crippen molar-refractivity contribution in [3.05, 3.63) is 29.8 Å². The largest absolute Gasteiger partial charge is 0.378 e. The van der Waals surface area contributed by atoms with Crippen LogP contribution in [0.5, 0.6) is 0 Å². The van der Waals surface area contributed by atoms with Crippen LogP contribution in [0.3, 0.4) is 0 Å². The fourth-order valence-corrected chi connectivity index (χ4v) is 2.35. The lowest BCUT2D eigenvalue weighted by molar-refractivity contribution is -0.904. The number of quaternary nitrogens is 1. The Balaban J connectivity index is 2.46. The number of nitrogens with one attached hydrogen (secondary N) is 3. The van der Waals surface area contributed by atoms with Crippen LogP contribution in [0.2, 0.25) is 0 Å². The molecule has 0 heterocycles. The molecule has 0 bridgehead atoms. The summed E-state index contributed by atoms with van der Waals surface area (Å²) in [6, 6.07) is 8.44. The Labute approximate surface area is 145 Å². The number of carbonyl (C=O) groups is 2. The summed E-state index contributed by atoms with van der Waals surface area (Å²) in [5, 5.41) is 5.44. The van der Waals surface area contributed by atoms with Gasteiger partial charge in [-0.05, 0) is 32.9 Å². The molecule has 0 spiro atoms. The predicted octanol–water partition coefficient (Wildman–Crippen LogP) is -0.202. The number of nitrogens with zero attached hydrogens (tertiary/aromatic N) is 1. The molecule has 1 aromatic carbocycles. The Morgan fingerprint density at radius 1 is 1.12 bits per heavy atom. The summed E-state index contributed by atoms with van der Waals surface area (Å²) in [6.45, 7) is 7.88. The van der Waals surface area contributed by atoms with Crippen molar-refractivity contribution in [3.8, 4) is 0 Å². The van der Waals surface area contributed by atoms with Gasteiger partial charge < -0.3 is 20.4 Å². The number of hydrogen-bond donors (Lipinski definition) is 3. The lowest BCUT2D eigenvalue weighted by atomic mass is 10.2. The van der Waals surface area contributed by atoms with Gasteiger partial charge >= 0.3 is 0 Å². The molecule has 6 heteroatoms. The van der Waals surface area contributed by atoms with E-state index < -0.39 is 0 Å². The van der Waals surface area contributed by atoms with E-state index in [4.69, 9.17) is 0 Å². The van der Waals surface area contributed by atoms with Crippen LogP contribution in [0.15, 0.2) is 24.3 Å². The molecule has 0 saturated heterocycles. The van der Waals surface area contributed by atoms with Crippen LogP contribution in [-0.4, -0.2) is 51.6 Å². The molecule has 1 atom stereocenters. The van der Waals surface area contributed by atoms with Gasteiger partial charge in [0.15, 0.2) is 6.54 Å². The van der Waals surface area contributed by atoms with E-state index in [1.165, 1.54) is 5.56 Å². The highest BCUT2D eigenvalue weighted by atomic mass is 16.2. The van der Waals surface area contributed by atoms with Gasteiger partial charge in [-0.25, -0.2) is 0 Å². The van der Waals surface area contributed by atoms with Crippen molar-refractivity contribution in [2.75, 3.05) is 38.6 Å². The predicted molar refractivity (Wildman–Crippen MR) is 97.1 cm³/mol. The van der Waals surface area contributed by atoms with Gasteiger partial charge in [-0.1, -0.05) is 12.1 Å². The third-order valence-electron chi connectivity index (χ3n) is 3.71. The van der Waals surface area contributed by atoms with Crippen molar-refractivity contribution in [2.24, 2.45) is 0 Å². The number of amides is 2. The average molecular weight is 335 g/mol. The Kier molecular flexibility index (Phi) is 8.26. The number of carbonyl (C=O) groups excluding carboxylic acids is 2. The van der Waals surface area contributed by atoms with Gasteiger partial charge in [-0.2, -0.15) is 0 Å². The SMILES string of the molecule is CC[NH+](CC(=O)NCC(=O)NC(C)C)Cc1ccc(N(C)C)cc1. The number of anilines is 1. The third kappa shape index (κ3) is 7.46. The molecular weight excluding hydrogens is 304 g/mol. The molecule has 0 aliphatic heterocycles. The summed E-state index contributed by atoms with van der Waals surface area (Å²) in [5.41, 5.74) is 2.36. The van der Waals surface area contributed by atoms with E-state index in [1.54, 1.807) is 0 Å². The Morgan fingerprint density at radius 3 is 2.25 bits per heavy atom. The molecule has 0 radical (unpaired) electrons. The van der Waals surface area contributed by atoms with Crippen molar-refractivity contribution in [3.63, 3.8) is 0 Å². The van der Waals surface area contributed by atoms with Gasteiger partial charge in [0.1, 0.15) is 6.54 Å². The van der Waals surface area contributed by atoms with E-state index in [2.05, 4.69) is 46.7 Å². The molecule has 0 fully saturated rings. The second kappa shape index (κ2) is 9.93. The Bertz CT molecular complexity index is 526. The lowest BCUT2D eigenvalue weighted by Gasteiger charge is -2.18. The van der Waals surface area contributed by atoms with E-state index >= 15 is 0 Å². The zero-order valence-corrected chi connectivity index (χ0v) is 15.5. The molecule has 1 rings (SSSR count).